The fraction of sp³-hybridized carbons (Fsp3) is 0.647. The summed E-state index contributed by atoms with van der Waals surface area (Å²) < 4.78 is 5.50. The molecule has 126 valence electrons. The number of hydrogen-bond acceptors (Lipinski definition) is 4. The van der Waals surface area contributed by atoms with Crippen LogP contribution >= 0.6 is 0 Å². The molecular formula is C17H26N4O2. The summed E-state index contributed by atoms with van der Waals surface area (Å²) in [4.78, 5) is 18.5. The average molecular weight is 318 g/mol. The van der Waals surface area contributed by atoms with E-state index < -0.39 is 0 Å². The van der Waals surface area contributed by atoms with Crippen molar-refractivity contribution in [1.29, 1.82) is 0 Å². The van der Waals surface area contributed by atoms with Crippen molar-refractivity contribution in [1.82, 2.24) is 15.6 Å². The highest BCUT2D eigenvalue weighted by atomic mass is 16.5. The molecule has 0 bridgehead atoms. The van der Waals surface area contributed by atoms with Crippen LogP contribution < -0.4 is 15.5 Å². The van der Waals surface area contributed by atoms with Crippen molar-refractivity contribution >= 4 is 11.8 Å². The van der Waals surface area contributed by atoms with Gasteiger partial charge in [-0.25, -0.2) is 9.78 Å². The molecule has 6 nitrogen and oxygen atoms in total. The van der Waals surface area contributed by atoms with Crippen LogP contribution in [0.3, 0.4) is 0 Å². The first kappa shape index (κ1) is 16.1. The van der Waals surface area contributed by atoms with Gasteiger partial charge in [0, 0.05) is 39.0 Å². The second-order valence-corrected chi connectivity index (χ2v) is 6.34. The fourth-order valence-electron chi connectivity index (χ4n) is 3.22. The number of nitrogens with one attached hydrogen (secondary N) is 2. The van der Waals surface area contributed by atoms with E-state index in [1.54, 1.807) is 0 Å². The maximum atomic E-state index is 11.8. The first-order chi connectivity index (χ1) is 11.3. The number of pyridine rings is 1. The van der Waals surface area contributed by atoms with Gasteiger partial charge in [-0.2, -0.15) is 0 Å². The Morgan fingerprint density at radius 3 is 2.74 bits per heavy atom. The lowest BCUT2D eigenvalue weighted by Crippen LogP contribution is -2.43. The molecule has 0 aromatic carbocycles. The third-order valence-electron chi connectivity index (χ3n) is 4.65. The highest BCUT2D eigenvalue weighted by Gasteiger charge is 2.21. The monoisotopic (exact) mass is 318 g/mol. The zero-order chi connectivity index (χ0) is 15.9. The highest BCUT2D eigenvalue weighted by molar-refractivity contribution is 5.73. The Morgan fingerprint density at radius 1 is 1.22 bits per heavy atom. The standard InChI is InChI=1S/C17H26N4O2/c22-17(20-13-15-4-3-11-23-15)19-12-14-6-9-21(10-7-14)16-5-1-2-8-18-16/h1-2,5,8,14-15H,3-4,6-7,9-13H2,(H2,19,20,22)/t15-/m1/s1. The van der Waals surface area contributed by atoms with Gasteiger partial charge in [0.1, 0.15) is 5.82 Å². The maximum Gasteiger partial charge on any atom is 0.314 e. The van der Waals surface area contributed by atoms with Crippen molar-refractivity contribution in [2.75, 3.05) is 37.7 Å². The van der Waals surface area contributed by atoms with Gasteiger partial charge in [0.2, 0.25) is 0 Å². The van der Waals surface area contributed by atoms with E-state index in [-0.39, 0.29) is 12.1 Å². The minimum absolute atomic E-state index is 0.0762. The van der Waals surface area contributed by atoms with Crippen LogP contribution in [-0.2, 0) is 4.74 Å². The van der Waals surface area contributed by atoms with E-state index in [0.717, 1.165) is 57.7 Å². The van der Waals surface area contributed by atoms with E-state index in [1.807, 2.05) is 18.3 Å². The van der Waals surface area contributed by atoms with E-state index in [0.29, 0.717) is 12.5 Å². The van der Waals surface area contributed by atoms with Crippen LogP contribution in [0, 0.1) is 5.92 Å². The summed E-state index contributed by atoms with van der Waals surface area (Å²) in [6, 6.07) is 5.94. The predicted octanol–water partition coefficient (Wildman–Crippen LogP) is 1.78. The third-order valence-corrected chi connectivity index (χ3v) is 4.65. The molecule has 0 saturated carbocycles. The summed E-state index contributed by atoms with van der Waals surface area (Å²) in [5, 5.41) is 5.89. The van der Waals surface area contributed by atoms with Gasteiger partial charge in [0.25, 0.3) is 0 Å². The SMILES string of the molecule is O=C(NCC1CCN(c2ccccn2)CC1)NC[C@H]1CCCO1. The van der Waals surface area contributed by atoms with E-state index in [4.69, 9.17) is 4.74 Å². The molecule has 3 heterocycles. The minimum atomic E-state index is -0.0762. The largest absolute Gasteiger partial charge is 0.376 e. The lowest BCUT2D eigenvalue weighted by molar-refractivity contribution is 0.111. The summed E-state index contributed by atoms with van der Waals surface area (Å²) in [5.74, 6) is 1.59. The number of hydrogen-bond donors (Lipinski definition) is 2. The van der Waals surface area contributed by atoms with Crippen molar-refractivity contribution in [3.05, 3.63) is 24.4 Å². The zero-order valence-electron chi connectivity index (χ0n) is 13.5. The Hall–Kier alpha value is -1.82. The van der Waals surface area contributed by atoms with Crippen molar-refractivity contribution in [2.24, 2.45) is 5.92 Å². The predicted molar refractivity (Wildman–Crippen MR) is 89.5 cm³/mol. The molecule has 1 aromatic rings. The molecule has 1 aromatic heterocycles. The van der Waals surface area contributed by atoms with E-state index in [1.165, 1.54) is 0 Å². The molecule has 3 rings (SSSR count). The topological polar surface area (TPSA) is 66.5 Å². The molecule has 2 fully saturated rings. The van der Waals surface area contributed by atoms with Gasteiger partial charge < -0.3 is 20.3 Å². The normalized spacial score (nSPS) is 22.1. The van der Waals surface area contributed by atoms with Crippen LogP contribution in [0.4, 0.5) is 10.6 Å². The summed E-state index contributed by atoms with van der Waals surface area (Å²) in [6.07, 6.45) is 6.35. The fourth-order valence-corrected chi connectivity index (χ4v) is 3.22. The molecule has 0 unspecified atom stereocenters. The Morgan fingerprint density at radius 2 is 2.04 bits per heavy atom. The molecule has 23 heavy (non-hydrogen) atoms. The molecule has 2 aliphatic heterocycles. The van der Waals surface area contributed by atoms with Crippen LogP contribution in [0.25, 0.3) is 0 Å². The quantitative estimate of drug-likeness (QED) is 0.868. The van der Waals surface area contributed by atoms with Crippen LogP contribution in [0.2, 0.25) is 0 Å². The van der Waals surface area contributed by atoms with Crippen LogP contribution in [0.5, 0.6) is 0 Å². The Kier molecular flexibility index (Phi) is 5.69. The molecule has 2 saturated heterocycles. The van der Waals surface area contributed by atoms with Crippen LogP contribution in [-0.4, -0.2) is 49.9 Å². The van der Waals surface area contributed by atoms with Gasteiger partial charge in [-0.3, -0.25) is 0 Å². The number of carbonyl (C=O) groups is 1. The van der Waals surface area contributed by atoms with Crippen molar-refractivity contribution in [3.8, 4) is 0 Å². The smallest absolute Gasteiger partial charge is 0.314 e. The molecule has 0 aliphatic carbocycles. The first-order valence-corrected chi connectivity index (χ1v) is 8.60. The molecule has 0 radical (unpaired) electrons. The zero-order valence-corrected chi connectivity index (χ0v) is 13.5. The maximum absolute atomic E-state index is 11.8. The van der Waals surface area contributed by atoms with Crippen LogP contribution in [0.1, 0.15) is 25.7 Å². The van der Waals surface area contributed by atoms with E-state index >= 15 is 0 Å². The second kappa shape index (κ2) is 8.15. The van der Waals surface area contributed by atoms with E-state index in [9.17, 15) is 4.79 Å². The van der Waals surface area contributed by atoms with Gasteiger partial charge >= 0.3 is 6.03 Å². The summed E-state index contributed by atoms with van der Waals surface area (Å²) in [6.45, 7) is 4.18. The first-order valence-electron chi connectivity index (χ1n) is 8.60. The Bertz CT molecular complexity index is 483. The minimum Gasteiger partial charge on any atom is -0.376 e. The summed E-state index contributed by atoms with van der Waals surface area (Å²) >= 11 is 0. The highest BCUT2D eigenvalue weighted by Crippen LogP contribution is 2.20. The number of aromatic nitrogens is 1. The number of anilines is 1. The molecule has 2 amide bonds. The Labute approximate surface area is 137 Å². The molecule has 1 atom stereocenters. The Balaban J connectivity index is 1.32. The van der Waals surface area contributed by atoms with Crippen molar-refractivity contribution in [3.63, 3.8) is 0 Å². The molecule has 6 heteroatoms. The molecule has 0 spiro atoms. The van der Waals surface area contributed by atoms with Crippen LogP contribution in [0.15, 0.2) is 24.4 Å². The number of carbonyl (C=O) groups excluding carboxylic acids is 1. The average Bonchev–Trinajstić information content (AvgIpc) is 3.13. The lowest BCUT2D eigenvalue weighted by atomic mass is 9.97. The molecular weight excluding hydrogens is 292 g/mol. The summed E-state index contributed by atoms with van der Waals surface area (Å²) in [5.41, 5.74) is 0. The number of nitrogens with zero attached hydrogens (tertiary/aromatic N) is 2. The lowest BCUT2D eigenvalue weighted by Gasteiger charge is -2.32. The van der Waals surface area contributed by atoms with Gasteiger partial charge in [-0.15, -0.1) is 0 Å². The van der Waals surface area contributed by atoms with Crippen molar-refractivity contribution < 1.29 is 9.53 Å². The number of piperidine rings is 1. The van der Waals surface area contributed by atoms with Gasteiger partial charge in [0.05, 0.1) is 6.10 Å². The third kappa shape index (κ3) is 4.82. The number of urea groups is 1. The van der Waals surface area contributed by atoms with Gasteiger partial charge in [-0.05, 0) is 43.7 Å². The van der Waals surface area contributed by atoms with E-state index in [2.05, 4.69) is 26.6 Å². The van der Waals surface area contributed by atoms with Crippen molar-refractivity contribution in [2.45, 2.75) is 31.8 Å². The molecule has 2 N–H and O–H groups in total. The number of amides is 2. The van der Waals surface area contributed by atoms with Gasteiger partial charge in [0.15, 0.2) is 0 Å². The molecule has 2 aliphatic rings. The van der Waals surface area contributed by atoms with Gasteiger partial charge in [-0.1, -0.05) is 6.07 Å². The second-order valence-electron chi connectivity index (χ2n) is 6.34. The number of ether oxygens (including phenoxy) is 1. The number of rotatable bonds is 5. The summed E-state index contributed by atoms with van der Waals surface area (Å²) in [7, 11) is 0.